The molecular formula is C20H17N5O3S. The number of aromatic nitrogens is 2. The summed E-state index contributed by atoms with van der Waals surface area (Å²) in [4.78, 5) is 24.3. The van der Waals surface area contributed by atoms with E-state index < -0.39 is 0 Å². The molecule has 0 atom stereocenters. The number of hydrogen-bond donors (Lipinski definition) is 1. The lowest BCUT2D eigenvalue weighted by Crippen LogP contribution is -2.31. The number of rotatable bonds is 5. The van der Waals surface area contributed by atoms with Gasteiger partial charge in [-0.05, 0) is 31.2 Å². The van der Waals surface area contributed by atoms with Crippen LogP contribution in [-0.4, -0.2) is 33.6 Å². The Labute approximate surface area is 171 Å². The van der Waals surface area contributed by atoms with Crippen molar-refractivity contribution in [2.24, 2.45) is 5.10 Å². The first-order valence-electron chi connectivity index (χ1n) is 8.87. The van der Waals surface area contributed by atoms with Crippen LogP contribution in [0.1, 0.15) is 12.0 Å². The smallest absolute Gasteiger partial charge is 0.277 e. The van der Waals surface area contributed by atoms with Crippen LogP contribution in [0.3, 0.4) is 0 Å². The number of para-hydroxylation sites is 1. The fourth-order valence-corrected chi connectivity index (χ4v) is 3.32. The van der Waals surface area contributed by atoms with Gasteiger partial charge in [-0.1, -0.05) is 47.7 Å². The number of carbonyl (C=O) groups excluding carboxylic acids is 2. The summed E-state index contributed by atoms with van der Waals surface area (Å²) in [5.74, 6) is 0.287. The number of carbonyl (C=O) groups is 2. The zero-order chi connectivity index (χ0) is 20.2. The highest BCUT2D eigenvalue weighted by Crippen LogP contribution is 2.24. The monoisotopic (exact) mass is 407 g/mol. The van der Waals surface area contributed by atoms with Gasteiger partial charge in [0.15, 0.2) is 0 Å². The minimum Gasteiger partial charge on any atom is -0.411 e. The SMILES string of the molecule is Cc1cccc(-c2nnc(SCC(=O)NC3=NN(c4ccccc4)C(=O)C3)o2)c1. The Hall–Kier alpha value is -3.46. The molecule has 9 heteroatoms. The number of hydrazone groups is 1. The van der Waals surface area contributed by atoms with Crippen LogP contribution < -0.4 is 10.3 Å². The Bertz CT molecular complexity index is 1080. The van der Waals surface area contributed by atoms with Gasteiger partial charge in [0.05, 0.1) is 17.9 Å². The van der Waals surface area contributed by atoms with Crippen LogP contribution in [0.4, 0.5) is 5.69 Å². The van der Waals surface area contributed by atoms with Crippen LogP contribution in [0.15, 0.2) is 69.3 Å². The van der Waals surface area contributed by atoms with Gasteiger partial charge in [-0.2, -0.15) is 10.1 Å². The van der Waals surface area contributed by atoms with Crippen molar-refractivity contribution >= 4 is 35.1 Å². The van der Waals surface area contributed by atoms with Gasteiger partial charge in [0.25, 0.3) is 11.1 Å². The van der Waals surface area contributed by atoms with E-state index in [4.69, 9.17) is 4.42 Å². The molecule has 0 unspecified atom stereocenters. The van der Waals surface area contributed by atoms with Gasteiger partial charge in [-0.15, -0.1) is 10.2 Å². The third-order valence-corrected chi connectivity index (χ3v) is 4.88. The second kappa shape index (κ2) is 8.27. The Balaban J connectivity index is 1.33. The molecule has 3 aromatic rings. The van der Waals surface area contributed by atoms with Gasteiger partial charge in [0.1, 0.15) is 5.84 Å². The van der Waals surface area contributed by atoms with Gasteiger partial charge in [-0.25, -0.2) is 0 Å². The van der Waals surface area contributed by atoms with E-state index in [2.05, 4.69) is 20.6 Å². The molecule has 4 rings (SSSR count). The molecule has 0 fully saturated rings. The minimum atomic E-state index is -0.299. The number of amides is 2. The summed E-state index contributed by atoms with van der Waals surface area (Å²) in [6.07, 6.45) is 0.0450. The van der Waals surface area contributed by atoms with Crippen LogP contribution in [0, 0.1) is 6.92 Å². The third-order valence-electron chi connectivity index (χ3n) is 4.06. The molecule has 0 saturated heterocycles. The summed E-state index contributed by atoms with van der Waals surface area (Å²) in [6.45, 7) is 1.98. The number of hydrogen-bond acceptors (Lipinski definition) is 7. The molecule has 2 heterocycles. The van der Waals surface area contributed by atoms with Crippen molar-refractivity contribution in [2.75, 3.05) is 10.8 Å². The summed E-state index contributed by atoms with van der Waals surface area (Å²) in [6, 6.07) is 16.8. The zero-order valence-corrected chi connectivity index (χ0v) is 16.3. The average Bonchev–Trinajstić information content (AvgIpc) is 3.34. The van der Waals surface area contributed by atoms with Gasteiger partial charge >= 0.3 is 0 Å². The van der Waals surface area contributed by atoms with Crippen molar-refractivity contribution in [1.29, 1.82) is 0 Å². The molecule has 1 aromatic heterocycles. The standard InChI is InChI=1S/C20H17N5O3S/c1-13-6-5-7-14(10-13)19-22-23-20(28-19)29-12-17(26)21-16-11-18(27)25(24-16)15-8-3-2-4-9-15/h2-10H,11-12H2,1H3,(H,21,24,26). The highest BCUT2D eigenvalue weighted by atomic mass is 32.2. The van der Waals surface area contributed by atoms with Crippen molar-refractivity contribution in [3.63, 3.8) is 0 Å². The summed E-state index contributed by atoms with van der Waals surface area (Å²) < 4.78 is 5.61. The molecule has 29 heavy (non-hydrogen) atoms. The number of anilines is 1. The second-order valence-electron chi connectivity index (χ2n) is 6.34. The van der Waals surface area contributed by atoms with Crippen molar-refractivity contribution < 1.29 is 14.0 Å². The highest BCUT2D eigenvalue weighted by molar-refractivity contribution is 7.99. The van der Waals surface area contributed by atoms with Crippen LogP contribution in [0.25, 0.3) is 11.5 Å². The first-order chi connectivity index (χ1) is 14.1. The topological polar surface area (TPSA) is 101 Å². The summed E-state index contributed by atoms with van der Waals surface area (Å²) >= 11 is 1.12. The second-order valence-corrected chi connectivity index (χ2v) is 7.27. The fraction of sp³-hybridized carbons (Fsp3) is 0.150. The maximum absolute atomic E-state index is 12.2. The average molecular weight is 407 g/mol. The summed E-state index contributed by atoms with van der Waals surface area (Å²) in [5, 5.41) is 16.4. The largest absolute Gasteiger partial charge is 0.411 e. The molecule has 2 amide bonds. The van der Waals surface area contributed by atoms with Crippen LogP contribution in [-0.2, 0) is 9.59 Å². The predicted octanol–water partition coefficient (Wildman–Crippen LogP) is 3.00. The number of nitrogens with one attached hydrogen (secondary N) is 1. The van der Waals surface area contributed by atoms with Gasteiger partial charge in [-0.3, -0.25) is 9.59 Å². The lowest BCUT2D eigenvalue weighted by Gasteiger charge is -2.10. The number of amidine groups is 1. The quantitative estimate of drug-likeness (QED) is 0.653. The maximum atomic E-state index is 12.2. The molecule has 1 N–H and O–H groups in total. The molecule has 146 valence electrons. The molecule has 0 saturated carbocycles. The Morgan fingerprint density at radius 2 is 2.00 bits per heavy atom. The Morgan fingerprint density at radius 1 is 1.17 bits per heavy atom. The van der Waals surface area contributed by atoms with Crippen molar-refractivity contribution in [3.8, 4) is 11.5 Å². The van der Waals surface area contributed by atoms with Crippen LogP contribution in [0.5, 0.6) is 0 Å². The molecule has 2 aromatic carbocycles. The van der Waals surface area contributed by atoms with E-state index in [0.29, 0.717) is 22.6 Å². The number of thioether (sulfide) groups is 1. The lowest BCUT2D eigenvalue weighted by atomic mass is 10.1. The molecule has 0 radical (unpaired) electrons. The maximum Gasteiger partial charge on any atom is 0.277 e. The van der Waals surface area contributed by atoms with E-state index in [1.165, 1.54) is 5.01 Å². The molecule has 1 aliphatic heterocycles. The van der Waals surface area contributed by atoms with E-state index in [-0.39, 0.29) is 24.0 Å². The molecule has 0 spiro atoms. The van der Waals surface area contributed by atoms with Crippen molar-refractivity contribution in [2.45, 2.75) is 18.6 Å². The fourth-order valence-electron chi connectivity index (χ4n) is 2.76. The Morgan fingerprint density at radius 3 is 2.79 bits per heavy atom. The Kier molecular flexibility index (Phi) is 5.39. The number of benzene rings is 2. The van der Waals surface area contributed by atoms with E-state index in [0.717, 1.165) is 22.9 Å². The summed E-state index contributed by atoms with van der Waals surface area (Å²) in [7, 11) is 0. The van der Waals surface area contributed by atoms with E-state index in [1.54, 1.807) is 12.1 Å². The van der Waals surface area contributed by atoms with Crippen LogP contribution in [0.2, 0.25) is 0 Å². The van der Waals surface area contributed by atoms with Gasteiger partial charge < -0.3 is 9.73 Å². The van der Waals surface area contributed by atoms with Crippen molar-refractivity contribution in [3.05, 3.63) is 60.2 Å². The first kappa shape index (κ1) is 18.9. The van der Waals surface area contributed by atoms with Gasteiger partial charge in [0, 0.05) is 5.56 Å². The van der Waals surface area contributed by atoms with Gasteiger partial charge in [0.2, 0.25) is 11.8 Å². The van der Waals surface area contributed by atoms with Crippen molar-refractivity contribution in [1.82, 2.24) is 15.5 Å². The molecule has 0 aliphatic carbocycles. The van der Waals surface area contributed by atoms with E-state index >= 15 is 0 Å². The zero-order valence-electron chi connectivity index (χ0n) is 15.5. The highest BCUT2D eigenvalue weighted by Gasteiger charge is 2.26. The van der Waals surface area contributed by atoms with Crippen LogP contribution >= 0.6 is 11.8 Å². The molecular weight excluding hydrogens is 390 g/mol. The molecule has 1 aliphatic rings. The molecule has 0 bridgehead atoms. The van der Waals surface area contributed by atoms with E-state index in [1.807, 2.05) is 49.4 Å². The number of nitrogens with zero attached hydrogens (tertiary/aromatic N) is 4. The van der Waals surface area contributed by atoms with E-state index in [9.17, 15) is 9.59 Å². The first-order valence-corrected chi connectivity index (χ1v) is 9.86. The third kappa shape index (κ3) is 4.52. The lowest BCUT2D eigenvalue weighted by molar-refractivity contribution is -0.117. The predicted molar refractivity (Wildman–Crippen MR) is 109 cm³/mol. The summed E-state index contributed by atoms with van der Waals surface area (Å²) in [5.41, 5.74) is 2.57. The molecule has 8 nitrogen and oxygen atoms in total. The number of aryl methyl sites for hydroxylation is 1. The normalized spacial score (nSPS) is 13.5. The minimum absolute atomic E-state index is 0.0450.